The molecule has 2 aromatic rings. The summed E-state index contributed by atoms with van der Waals surface area (Å²) in [6.07, 6.45) is 7.22. The number of nitrogens with two attached hydrogens (primary N) is 1. The summed E-state index contributed by atoms with van der Waals surface area (Å²) in [7, 11) is 0. The Morgan fingerprint density at radius 3 is 2.64 bits per heavy atom. The van der Waals surface area contributed by atoms with Gasteiger partial charge < -0.3 is 20.1 Å². The molecule has 0 bridgehead atoms. The molecule has 7 heteroatoms. The average Bonchev–Trinajstić information content (AvgIpc) is 2.86. The highest BCUT2D eigenvalue weighted by Crippen LogP contribution is 2.49. The Morgan fingerprint density at radius 2 is 1.79 bits per heavy atom. The van der Waals surface area contributed by atoms with E-state index in [1.165, 1.54) is 58.3 Å². The number of likely N-dealkylation sites (tertiary alicyclic amines) is 1. The molecule has 2 aromatic carbocycles. The van der Waals surface area contributed by atoms with Crippen LogP contribution in [-0.4, -0.2) is 69.8 Å². The second-order valence-corrected chi connectivity index (χ2v) is 10.5. The molecule has 2 heterocycles. The smallest absolute Gasteiger partial charge is 0.0701 e. The molecule has 1 unspecified atom stereocenters. The van der Waals surface area contributed by atoms with Gasteiger partial charge in [-0.1, -0.05) is 30.3 Å². The normalized spacial score (nSPS) is 18.2. The van der Waals surface area contributed by atoms with Gasteiger partial charge in [-0.2, -0.15) is 0 Å². The van der Waals surface area contributed by atoms with Crippen molar-refractivity contribution in [3.63, 3.8) is 0 Å². The lowest BCUT2D eigenvalue weighted by molar-refractivity contribution is 0.0299. The zero-order valence-electron chi connectivity index (χ0n) is 19.7. The fourth-order valence-electron chi connectivity index (χ4n) is 4.72. The third-order valence-corrected chi connectivity index (χ3v) is 8.28. The van der Waals surface area contributed by atoms with Crippen LogP contribution in [0.15, 0.2) is 57.2 Å². The van der Waals surface area contributed by atoms with Gasteiger partial charge in [0, 0.05) is 40.4 Å². The molecule has 1 atom stereocenters. The number of ether oxygens (including phenoxy) is 2. The van der Waals surface area contributed by atoms with Crippen LogP contribution >= 0.6 is 23.5 Å². The minimum atomic E-state index is 0.568. The van der Waals surface area contributed by atoms with E-state index >= 15 is 0 Å². The van der Waals surface area contributed by atoms with E-state index in [1.54, 1.807) is 0 Å². The number of fused-ring (bicyclic) bond motifs is 2. The second-order valence-electron chi connectivity index (χ2n) is 8.54. The molecular weight excluding hydrogens is 450 g/mol. The van der Waals surface area contributed by atoms with Crippen molar-refractivity contribution < 1.29 is 9.47 Å². The zero-order chi connectivity index (χ0) is 22.9. The summed E-state index contributed by atoms with van der Waals surface area (Å²) < 4.78 is 11.2. The molecule has 2 aliphatic heterocycles. The molecular formula is C26H37N3O2S2. The summed E-state index contributed by atoms with van der Waals surface area (Å²) in [5.41, 5.74) is 8.15. The summed E-state index contributed by atoms with van der Waals surface area (Å²) in [6, 6.07) is 16.3. The maximum absolute atomic E-state index is 5.82. The van der Waals surface area contributed by atoms with Gasteiger partial charge in [0.05, 0.1) is 37.8 Å². The van der Waals surface area contributed by atoms with E-state index in [-0.39, 0.29) is 0 Å². The first-order valence-electron chi connectivity index (χ1n) is 12.1. The van der Waals surface area contributed by atoms with Gasteiger partial charge in [0.2, 0.25) is 0 Å². The average molecular weight is 488 g/mol. The quantitative estimate of drug-likeness (QED) is 0.324. The second kappa shape index (κ2) is 13.0. The summed E-state index contributed by atoms with van der Waals surface area (Å²) in [6.45, 7) is 6.44. The Balaban J connectivity index is 1.38. The van der Waals surface area contributed by atoms with Crippen molar-refractivity contribution >= 4 is 34.9 Å². The number of thioether (sulfide) groups is 1. The van der Waals surface area contributed by atoms with Crippen molar-refractivity contribution in [1.82, 2.24) is 4.90 Å². The molecule has 0 spiro atoms. The van der Waals surface area contributed by atoms with Crippen molar-refractivity contribution in [3.05, 3.63) is 42.5 Å². The fourth-order valence-corrected chi connectivity index (χ4v) is 6.23. The fraction of sp³-hybridized carbons (Fsp3) is 0.538. The Bertz CT molecular complexity index is 882. The molecule has 5 nitrogen and oxygen atoms in total. The van der Waals surface area contributed by atoms with E-state index in [2.05, 4.69) is 58.5 Å². The van der Waals surface area contributed by atoms with Crippen molar-refractivity contribution in [2.24, 2.45) is 5.73 Å². The molecule has 33 heavy (non-hydrogen) atoms. The van der Waals surface area contributed by atoms with Crippen LogP contribution in [0.4, 0.5) is 11.4 Å². The first-order valence-corrected chi connectivity index (χ1v) is 14.2. The highest BCUT2D eigenvalue weighted by Gasteiger charge is 2.27. The van der Waals surface area contributed by atoms with E-state index < -0.39 is 0 Å². The molecule has 0 aromatic heterocycles. The maximum Gasteiger partial charge on any atom is 0.0701 e. The maximum atomic E-state index is 5.82. The molecule has 0 radical (unpaired) electrons. The largest absolute Gasteiger partial charge is 0.378 e. The third kappa shape index (κ3) is 6.68. The van der Waals surface area contributed by atoms with Gasteiger partial charge in [-0.05, 0) is 62.4 Å². The lowest BCUT2D eigenvalue weighted by atomic mass is 9.99. The van der Waals surface area contributed by atoms with Crippen LogP contribution in [0.3, 0.4) is 0 Å². The minimum Gasteiger partial charge on any atom is -0.378 e. The molecule has 2 N–H and O–H groups in total. The molecule has 0 saturated carbocycles. The Labute approximate surface area is 207 Å². The highest BCUT2D eigenvalue weighted by molar-refractivity contribution is 8.00. The number of hydrogen-bond acceptors (Lipinski definition) is 7. The zero-order valence-corrected chi connectivity index (χ0v) is 21.3. The van der Waals surface area contributed by atoms with Crippen LogP contribution in [0.25, 0.3) is 0 Å². The van der Waals surface area contributed by atoms with Gasteiger partial charge in [0.15, 0.2) is 0 Å². The van der Waals surface area contributed by atoms with Crippen molar-refractivity contribution in [1.29, 1.82) is 0 Å². The summed E-state index contributed by atoms with van der Waals surface area (Å²) in [5.74, 6) is 0. The number of rotatable bonds is 12. The number of nitrogens with zero attached hydrogens (tertiary/aromatic N) is 2. The van der Waals surface area contributed by atoms with Crippen molar-refractivity contribution in [2.45, 2.75) is 46.4 Å². The summed E-state index contributed by atoms with van der Waals surface area (Å²) in [4.78, 5) is 9.24. The Morgan fingerprint density at radius 1 is 0.970 bits per heavy atom. The molecule has 1 saturated heterocycles. The monoisotopic (exact) mass is 487 g/mol. The van der Waals surface area contributed by atoms with Gasteiger partial charge in [0.25, 0.3) is 0 Å². The van der Waals surface area contributed by atoms with Gasteiger partial charge in [-0.3, -0.25) is 4.90 Å². The van der Waals surface area contributed by atoms with Gasteiger partial charge in [-0.15, -0.1) is 11.8 Å². The third-order valence-electron chi connectivity index (χ3n) is 6.42. The predicted molar refractivity (Wildman–Crippen MR) is 140 cm³/mol. The molecule has 1 fully saturated rings. The van der Waals surface area contributed by atoms with Gasteiger partial charge in [0.1, 0.15) is 0 Å². The first-order chi connectivity index (χ1) is 16.3. The van der Waals surface area contributed by atoms with Crippen LogP contribution < -0.4 is 10.6 Å². The van der Waals surface area contributed by atoms with E-state index in [4.69, 9.17) is 15.2 Å². The SMILES string of the molecule is CSc1ccc2c(c1)N(CCC1CCCCN1CCOCCOCCN)c1ccccc1S2. The Kier molecular flexibility index (Phi) is 9.82. The standard InChI is InChI=1S/C26H37N3O2S2/c1-32-22-9-10-26-24(20-22)29(23-7-2-3-8-25(23)33-26)14-11-21-6-4-5-13-28(21)15-17-31-19-18-30-16-12-27/h2-3,7-10,20-21H,4-6,11-19,27H2,1H3. The van der Waals surface area contributed by atoms with E-state index in [0.29, 0.717) is 32.4 Å². The molecule has 0 aliphatic carbocycles. The summed E-state index contributed by atoms with van der Waals surface area (Å²) in [5, 5.41) is 0. The number of piperidine rings is 1. The van der Waals surface area contributed by atoms with Crippen LogP contribution in [0.1, 0.15) is 25.7 Å². The number of hydrogen-bond donors (Lipinski definition) is 1. The van der Waals surface area contributed by atoms with E-state index in [0.717, 1.165) is 19.7 Å². The van der Waals surface area contributed by atoms with Gasteiger partial charge in [-0.25, -0.2) is 0 Å². The van der Waals surface area contributed by atoms with Gasteiger partial charge >= 0.3 is 0 Å². The van der Waals surface area contributed by atoms with E-state index in [9.17, 15) is 0 Å². The predicted octanol–water partition coefficient (Wildman–Crippen LogP) is 5.25. The van der Waals surface area contributed by atoms with Crippen LogP contribution in [0, 0.1) is 0 Å². The molecule has 0 amide bonds. The summed E-state index contributed by atoms with van der Waals surface area (Å²) >= 11 is 3.71. The number of benzene rings is 2. The van der Waals surface area contributed by atoms with E-state index in [1.807, 2.05) is 23.5 Å². The number of anilines is 2. The minimum absolute atomic E-state index is 0.568. The topological polar surface area (TPSA) is 51.0 Å². The van der Waals surface area contributed by atoms with Crippen LogP contribution in [-0.2, 0) is 9.47 Å². The lowest BCUT2D eigenvalue weighted by Gasteiger charge is -2.38. The highest BCUT2D eigenvalue weighted by atomic mass is 32.2. The van der Waals surface area contributed by atoms with Crippen molar-refractivity contribution in [3.8, 4) is 0 Å². The number of para-hydroxylation sites is 1. The van der Waals surface area contributed by atoms with Crippen molar-refractivity contribution in [2.75, 3.05) is 63.8 Å². The van der Waals surface area contributed by atoms with Crippen LogP contribution in [0.2, 0.25) is 0 Å². The molecule has 2 aliphatic rings. The van der Waals surface area contributed by atoms with Crippen LogP contribution in [0.5, 0.6) is 0 Å². The lowest BCUT2D eigenvalue weighted by Crippen LogP contribution is -2.43. The Hall–Kier alpha value is -1.22. The molecule has 180 valence electrons. The molecule has 4 rings (SSSR count). The first kappa shape index (κ1) is 24.9.